The van der Waals surface area contributed by atoms with E-state index in [9.17, 15) is 0 Å². The Morgan fingerprint density at radius 2 is 1.02 bits per heavy atom. The van der Waals surface area contributed by atoms with Gasteiger partial charge in [-0.1, -0.05) is 142 Å². The molecule has 0 heterocycles. The number of anilines is 3. The van der Waals surface area contributed by atoms with Crippen LogP contribution in [0.1, 0.15) is 99.8 Å². The molecule has 6 aromatic rings. The first kappa shape index (κ1) is 32.5. The highest BCUT2D eigenvalue weighted by atomic mass is 15.1. The topological polar surface area (TPSA) is 3.24 Å². The van der Waals surface area contributed by atoms with Crippen molar-refractivity contribution in [2.24, 2.45) is 17.8 Å². The number of benzene rings is 6. The highest BCUT2D eigenvalue weighted by molar-refractivity contribution is 5.89. The fourth-order valence-electron chi connectivity index (χ4n) is 12.8. The maximum atomic E-state index is 2.66. The van der Waals surface area contributed by atoms with E-state index in [0.717, 1.165) is 5.92 Å². The van der Waals surface area contributed by atoms with E-state index < -0.39 is 0 Å². The van der Waals surface area contributed by atoms with E-state index >= 15 is 0 Å². The summed E-state index contributed by atoms with van der Waals surface area (Å²) in [5.41, 5.74) is 18.7. The fraction of sp³-hybridized carbons (Fsp3) is 0.321. The van der Waals surface area contributed by atoms with Crippen LogP contribution in [-0.2, 0) is 10.8 Å². The number of fused-ring (bicyclic) bond motifs is 8. The zero-order valence-corrected chi connectivity index (χ0v) is 31.7. The Balaban J connectivity index is 1.11. The smallest absolute Gasteiger partial charge is 0.0465 e. The zero-order chi connectivity index (χ0) is 35.9. The first-order valence-corrected chi connectivity index (χ1v) is 21.1. The van der Waals surface area contributed by atoms with E-state index in [2.05, 4.69) is 151 Å². The minimum absolute atomic E-state index is 0.112. The summed E-state index contributed by atoms with van der Waals surface area (Å²) in [7, 11) is 0. The molecule has 0 radical (unpaired) electrons. The fourth-order valence-corrected chi connectivity index (χ4v) is 12.8. The van der Waals surface area contributed by atoms with Crippen molar-refractivity contribution >= 4 is 17.1 Å². The van der Waals surface area contributed by atoms with Crippen molar-refractivity contribution in [1.82, 2.24) is 0 Å². The maximum Gasteiger partial charge on any atom is 0.0465 e. The van der Waals surface area contributed by atoms with Crippen LogP contribution in [-0.4, -0.2) is 0 Å². The van der Waals surface area contributed by atoms with Gasteiger partial charge in [0, 0.05) is 27.9 Å². The summed E-state index contributed by atoms with van der Waals surface area (Å²) >= 11 is 0. The molecule has 0 N–H and O–H groups in total. The van der Waals surface area contributed by atoms with Crippen molar-refractivity contribution in [3.8, 4) is 33.4 Å². The van der Waals surface area contributed by atoms with Crippen molar-refractivity contribution in [2.75, 3.05) is 4.90 Å². The van der Waals surface area contributed by atoms with Crippen molar-refractivity contribution in [1.29, 1.82) is 0 Å². The highest BCUT2D eigenvalue weighted by Crippen LogP contribution is 2.66. The van der Waals surface area contributed by atoms with Gasteiger partial charge in [-0.25, -0.2) is 0 Å². The van der Waals surface area contributed by atoms with Crippen LogP contribution in [0.4, 0.5) is 17.1 Å². The van der Waals surface area contributed by atoms with Crippen LogP contribution in [0.5, 0.6) is 0 Å². The molecule has 3 fully saturated rings. The molecule has 2 unspecified atom stereocenters. The third-order valence-electron chi connectivity index (χ3n) is 15.0. The molecule has 268 valence electrons. The van der Waals surface area contributed by atoms with Gasteiger partial charge in [0.2, 0.25) is 0 Å². The SMILES string of the molecule is CCC1CC2CCCC(C1)C21c2ccccc2-c2ccc(N(c3ccc(-c4ccccc4)cc3)c3ccc4c(c3)C3(CCCCC3)c3ccccc3-4)cc21. The van der Waals surface area contributed by atoms with Crippen molar-refractivity contribution in [2.45, 2.75) is 88.4 Å². The van der Waals surface area contributed by atoms with Gasteiger partial charge in [-0.05, 0) is 148 Å². The summed E-state index contributed by atoms with van der Waals surface area (Å²) in [5, 5.41) is 0. The van der Waals surface area contributed by atoms with E-state index in [4.69, 9.17) is 0 Å². The second-order valence-electron chi connectivity index (χ2n) is 17.4. The molecular weight excluding hydrogens is 651 g/mol. The monoisotopic (exact) mass is 701 g/mol. The molecular formula is C53H51N. The molecule has 54 heavy (non-hydrogen) atoms. The molecule has 1 heteroatoms. The summed E-state index contributed by atoms with van der Waals surface area (Å²) in [6, 6.07) is 54.1. The third kappa shape index (κ3) is 4.63. The summed E-state index contributed by atoms with van der Waals surface area (Å²) in [6.45, 7) is 2.43. The molecule has 0 amide bonds. The Kier molecular flexibility index (Phi) is 7.59. The van der Waals surface area contributed by atoms with E-state index in [1.54, 1.807) is 22.3 Å². The highest BCUT2D eigenvalue weighted by Gasteiger charge is 2.57. The molecule has 3 saturated carbocycles. The average Bonchev–Trinajstić information content (AvgIpc) is 3.65. The van der Waals surface area contributed by atoms with Gasteiger partial charge in [-0.2, -0.15) is 0 Å². The zero-order valence-electron chi connectivity index (χ0n) is 31.7. The Bertz CT molecular complexity index is 2350. The average molecular weight is 702 g/mol. The molecule has 1 nitrogen and oxygen atoms in total. The molecule has 2 atom stereocenters. The normalized spacial score (nSPS) is 24.1. The van der Waals surface area contributed by atoms with Gasteiger partial charge in [-0.15, -0.1) is 0 Å². The quantitative estimate of drug-likeness (QED) is 0.173. The first-order chi connectivity index (χ1) is 26.7. The summed E-state index contributed by atoms with van der Waals surface area (Å²) < 4.78 is 0. The Hall–Kier alpha value is -4.88. The molecule has 2 bridgehead atoms. The number of rotatable bonds is 5. The predicted octanol–water partition coefficient (Wildman–Crippen LogP) is 14.6. The Morgan fingerprint density at radius 3 is 1.70 bits per heavy atom. The van der Waals surface area contributed by atoms with Crippen LogP contribution in [0.2, 0.25) is 0 Å². The van der Waals surface area contributed by atoms with E-state index in [1.165, 1.54) is 121 Å². The van der Waals surface area contributed by atoms with Crippen molar-refractivity contribution in [3.05, 3.63) is 162 Å². The summed E-state index contributed by atoms with van der Waals surface area (Å²) in [5.74, 6) is 2.26. The molecule has 11 rings (SSSR count). The molecule has 6 aromatic carbocycles. The summed E-state index contributed by atoms with van der Waals surface area (Å²) in [6.07, 6.45) is 14.6. The standard InChI is InChI=1S/C53H51N/c1-2-36-32-39-16-13-17-40(33-36)53(39)49-21-10-8-19-45(49)47-29-27-43(35-51(47)53)54(41-24-22-38(23-25-41)37-14-5-3-6-15-37)42-26-28-46-44-18-7-9-20-48(44)52(50(46)34-42)30-11-4-12-31-52/h3,5-10,14-15,18-29,34-36,39-40H,2,4,11-13,16-17,30-33H2,1H3. The van der Waals surface area contributed by atoms with Crippen LogP contribution < -0.4 is 4.90 Å². The lowest BCUT2D eigenvalue weighted by molar-refractivity contribution is 0.0492. The number of hydrogen-bond donors (Lipinski definition) is 0. The molecule has 0 saturated heterocycles. The van der Waals surface area contributed by atoms with Crippen molar-refractivity contribution in [3.63, 3.8) is 0 Å². The maximum absolute atomic E-state index is 2.66. The van der Waals surface area contributed by atoms with Gasteiger partial charge < -0.3 is 4.90 Å². The Labute approximate surface area is 322 Å². The second kappa shape index (κ2) is 12.6. The van der Waals surface area contributed by atoms with Crippen LogP contribution in [0.3, 0.4) is 0 Å². The lowest BCUT2D eigenvalue weighted by atomic mass is 9.49. The molecule has 5 aliphatic rings. The van der Waals surface area contributed by atoms with Crippen molar-refractivity contribution < 1.29 is 0 Å². The largest absolute Gasteiger partial charge is 0.310 e. The van der Waals surface area contributed by atoms with E-state index in [-0.39, 0.29) is 10.8 Å². The lowest BCUT2D eigenvalue weighted by Crippen LogP contribution is -2.49. The van der Waals surface area contributed by atoms with Crippen LogP contribution in [0.15, 0.2) is 140 Å². The van der Waals surface area contributed by atoms with E-state index in [0.29, 0.717) is 11.8 Å². The van der Waals surface area contributed by atoms with Gasteiger partial charge in [0.05, 0.1) is 0 Å². The first-order valence-electron chi connectivity index (χ1n) is 21.1. The van der Waals surface area contributed by atoms with Gasteiger partial charge in [0.1, 0.15) is 0 Å². The van der Waals surface area contributed by atoms with Gasteiger partial charge >= 0.3 is 0 Å². The molecule has 0 aliphatic heterocycles. The van der Waals surface area contributed by atoms with Gasteiger partial charge in [-0.3, -0.25) is 0 Å². The van der Waals surface area contributed by atoms with Gasteiger partial charge in [0.15, 0.2) is 0 Å². The Morgan fingerprint density at radius 1 is 0.481 bits per heavy atom. The number of hydrogen-bond acceptors (Lipinski definition) is 1. The predicted molar refractivity (Wildman–Crippen MR) is 226 cm³/mol. The van der Waals surface area contributed by atoms with E-state index in [1.807, 2.05) is 0 Å². The minimum Gasteiger partial charge on any atom is -0.310 e. The lowest BCUT2D eigenvalue weighted by Gasteiger charge is -2.55. The van der Waals surface area contributed by atoms with Crippen LogP contribution in [0, 0.1) is 17.8 Å². The van der Waals surface area contributed by atoms with Crippen LogP contribution >= 0.6 is 0 Å². The van der Waals surface area contributed by atoms with Crippen LogP contribution in [0.25, 0.3) is 33.4 Å². The van der Waals surface area contributed by atoms with Gasteiger partial charge in [0.25, 0.3) is 0 Å². The summed E-state index contributed by atoms with van der Waals surface area (Å²) in [4.78, 5) is 2.60. The molecule has 5 aliphatic carbocycles. The molecule has 2 spiro atoms. The second-order valence-corrected chi connectivity index (χ2v) is 17.4. The third-order valence-corrected chi connectivity index (χ3v) is 15.0. The number of nitrogens with zero attached hydrogens (tertiary/aromatic N) is 1. The molecule has 0 aromatic heterocycles. The minimum atomic E-state index is 0.112.